The van der Waals surface area contributed by atoms with Gasteiger partial charge in [0.15, 0.2) is 0 Å². The third kappa shape index (κ3) is 6.10. The molecular formula is C20H26N2O7. The number of nitrogens with zero attached hydrogens (tertiary/aromatic N) is 2. The van der Waals surface area contributed by atoms with Crippen LogP contribution in [-0.2, 0) is 14.3 Å². The maximum atomic E-state index is 12.3. The smallest absolute Gasteiger partial charge is 0.414 e. The van der Waals surface area contributed by atoms with Crippen LogP contribution in [0.3, 0.4) is 0 Å². The van der Waals surface area contributed by atoms with Gasteiger partial charge >= 0.3 is 11.9 Å². The molecule has 2 unspecified atom stereocenters. The SMILES string of the molecule is CC1CN(CCCCN2C(=O)c3ccccc3C2=O)CC(C)O1.O=C(O)C(=O)O. The van der Waals surface area contributed by atoms with Crippen LogP contribution in [0, 0.1) is 0 Å². The zero-order chi connectivity index (χ0) is 21.6. The second kappa shape index (κ2) is 10.1. The van der Waals surface area contributed by atoms with Gasteiger partial charge < -0.3 is 14.9 Å². The Labute approximate surface area is 168 Å². The van der Waals surface area contributed by atoms with Gasteiger partial charge in [0.1, 0.15) is 0 Å². The number of imide groups is 1. The average Bonchev–Trinajstić information content (AvgIpc) is 2.90. The molecule has 2 N–H and O–H groups in total. The summed E-state index contributed by atoms with van der Waals surface area (Å²) in [5.74, 6) is -3.96. The summed E-state index contributed by atoms with van der Waals surface area (Å²) >= 11 is 0. The van der Waals surface area contributed by atoms with Crippen LogP contribution < -0.4 is 0 Å². The third-order valence-corrected chi connectivity index (χ3v) is 4.66. The molecule has 2 aliphatic rings. The largest absolute Gasteiger partial charge is 0.473 e. The third-order valence-electron chi connectivity index (χ3n) is 4.66. The highest BCUT2D eigenvalue weighted by Gasteiger charge is 2.34. The number of benzene rings is 1. The van der Waals surface area contributed by atoms with Gasteiger partial charge in [-0.25, -0.2) is 9.59 Å². The average molecular weight is 406 g/mol. The van der Waals surface area contributed by atoms with Crippen molar-refractivity contribution < 1.29 is 34.1 Å². The van der Waals surface area contributed by atoms with Crippen LogP contribution in [0.2, 0.25) is 0 Å². The van der Waals surface area contributed by atoms with E-state index >= 15 is 0 Å². The summed E-state index contributed by atoms with van der Waals surface area (Å²) in [5, 5.41) is 14.8. The van der Waals surface area contributed by atoms with Gasteiger partial charge in [0, 0.05) is 19.6 Å². The van der Waals surface area contributed by atoms with Crippen molar-refractivity contribution >= 4 is 23.8 Å². The van der Waals surface area contributed by atoms with E-state index in [0.717, 1.165) is 32.5 Å². The van der Waals surface area contributed by atoms with Crippen molar-refractivity contribution in [3.05, 3.63) is 35.4 Å². The van der Waals surface area contributed by atoms with E-state index < -0.39 is 11.9 Å². The first kappa shape index (κ1) is 22.5. The number of amides is 2. The molecule has 2 amide bonds. The van der Waals surface area contributed by atoms with Crippen LogP contribution in [0.15, 0.2) is 24.3 Å². The Morgan fingerprint density at radius 1 is 0.931 bits per heavy atom. The quantitative estimate of drug-likeness (QED) is 0.426. The topological polar surface area (TPSA) is 124 Å². The van der Waals surface area contributed by atoms with Crippen LogP contribution in [0.1, 0.15) is 47.4 Å². The fourth-order valence-electron chi connectivity index (χ4n) is 3.51. The molecule has 2 aliphatic heterocycles. The van der Waals surface area contributed by atoms with Gasteiger partial charge in [0.25, 0.3) is 11.8 Å². The predicted octanol–water partition coefficient (Wildman–Crippen LogP) is 1.33. The van der Waals surface area contributed by atoms with Crippen molar-refractivity contribution in [3.8, 4) is 0 Å². The molecule has 0 bridgehead atoms. The molecule has 1 aromatic carbocycles. The van der Waals surface area contributed by atoms with Crippen molar-refractivity contribution in [2.75, 3.05) is 26.2 Å². The molecule has 2 atom stereocenters. The predicted molar refractivity (Wildman–Crippen MR) is 103 cm³/mol. The molecule has 1 saturated heterocycles. The molecule has 0 radical (unpaired) electrons. The highest BCUT2D eigenvalue weighted by Crippen LogP contribution is 2.22. The summed E-state index contributed by atoms with van der Waals surface area (Å²) in [4.78, 5) is 46.5. The molecule has 0 aromatic heterocycles. The molecule has 0 spiro atoms. The summed E-state index contributed by atoms with van der Waals surface area (Å²) in [6.07, 6.45) is 2.36. The number of carbonyl (C=O) groups is 4. The first-order valence-corrected chi connectivity index (χ1v) is 9.50. The van der Waals surface area contributed by atoms with Crippen molar-refractivity contribution in [2.45, 2.75) is 38.9 Å². The fraction of sp³-hybridized carbons (Fsp3) is 0.500. The van der Waals surface area contributed by atoms with Crippen LogP contribution in [0.4, 0.5) is 0 Å². The Kier molecular flexibility index (Phi) is 7.86. The molecule has 3 rings (SSSR count). The normalized spacial score (nSPS) is 21.4. The van der Waals surface area contributed by atoms with E-state index in [9.17, 15) is 9.59 Å². The van der Waals surface area contributed by atoms with Gasteiger partial charge in [-0.15, -0.1) is 0 Å². The van der Waals surface area contributed by atoms with Crippen LogP contribution in [0.5, 0.6) is 0 Å². The molecule has 9 heteroatoms. The number of carbonyl (C=O) groups excluding carboxylic acids is 2. The van der Waals surface area contributed by atoms with Gasteiger partial charge in [-0.1, -0.05) is 12.1 Å². The van der Waals surface area contributed by atoms with Crippen molar-refractivity contribution in [3.63, 3.8) is 0 Å². The van der Waals surface area contributed by atoms with Gasteiger partial charge in [0.05, 0.1) is 23.3 Å². The molecule has 158 valence electrons. The Morgan fingerprint density at radius 2 is 1.38 bits per heavy atom. The number of rotatable bonds is 5. The number of hydrogen-bond acceptors (Lipinski definition) is 6. The van der Waals surface area contributed by atoms with Crippen molar-refractivity contribution in [1.29, 1.82) is 0 Å². The summed E-state index contributed by atoms with van der Waals surface area (Å²) in [6.45, 7) is 7.60. The molecular weight excluding hydrogens is 380 g/mol. The Hall–Kier alpha value is -2.78. The van der Waals surface area contributed by atoms with Crippen LogP contribution in [0.25, 0.3) is 0 Å². The minimum absolute atomic E-state index is 0.154. The molecule has 1 aromatic rings. The van der Waals surface area contributed by atoms with Crippen molar-refractivity contribution in [2.24, 2.45) is 0 Å². The number of carboxylic acid groups (broad SMARTS) is 2. The first-order valence-electron chi connectivity index (χ1n) is 9.50. The lowest BCUT2D eigenvalue weighted by Crippen LogP contribution is -2.45. The monoisotopic (exact) mass is 406 g/mol. The van der Waals surface area contributed by atoms with E-state index in [4.69, 9.17) is 24.5 Å². The maximum absolute atomic E-state index is 12.3. The summed E-state index contributed by atoms with van der Waals surface area (Å²) in [6, 6.07) is 7.06. The number of ether oxygens (including phenoxy) is 1. The van der Waals surface area contributed by atoms with E-state index in [1.807, 2.05) is 0 Å². The molecule has 0 saturated carbocycles. The second-order valence-electron chi connectivity index (χ2n) is 7.14. The zero-order valence-electron chi connectivity index (χ0n) is 16.5. The van der Waals surface area contributed by atoms with Gasteiger partial charge in [0.2, 0.25) is 0 Å². The van der Waals surface area contributed by atoms with Gasteiger partial charge in [-0.3, -0.25) is 19.4 Å². The van der Waals surface area contributed by atoms with Gasteiger partial charge in [-0.2, -0.15) is 0 Å². The van der Waals surface area contributed by atoms with Gasteiger partial charge in [-0.05, 0) is 45.4 Å². The maximum Gasteiger partial charge on any atom is 0.414 e. The minimum atomic E-state index is -1.82. The number of fused-ring (bicyclic) bond motifs is 1. The highest BCUT2D eigenvalue weighted by molar-refractivity contribution is 6.27. The van der Waals surface area contributed by atoms with E-state index in [1.54, 1.807) is 24.3 Å². The standard InChI is InChI=1S/C18H24N2O3.C2H2O4/c1-13-11-19(12-14(2)23-13)9-5-6-10-20-17(21)15-7-3-4-8-16(15)18(20)22;3-1(4)2(5)6/h3-4,7-8,13-14H,5-6,9-12H2,1-2H3;(H,3,4)(H,5,6). The number of unbranched alkanes of at least 4 members (excludes halogenated alkanes) is 1. The lowest BCUT2D eigenvalue weighted by atomic mass is 10.1. The number of carboxylic acids is 2. The van der Waals surface area contributed by atoms with E-state index in [0.29, 0.717) is 17.7 Å². The molecule has 2 heterocycles. The lowest BCUT2D eigenvalue weighted by molar-refractivity contribution is -0.159. The molecule has 29 heavy (non-hydrogen) atoms. The Bertz CT molecular complexity index is 723. The van der Waals surface area contributed by atoms with Crippen LogP contribution >= 0.6 is 0 Å². The van der Waals surface area contributed by atoms with Crippen molar-refractivity contribution in [1.82, 2.24) is 9.80 Å². The summed E-state index contributed by atoms with van der Waals surface area (Å²) in [5.41, 5.74) is 1.07. The molecule has 9 nitrogen and oxygen atoms in total. The Morgan fingerprint density at radius 3 is 1.83 bits per heavy atom. The van der Waals surface area contributed by atoms with E-state index in [-0.39, 0.29) is 24.0 Å². The lowest BCUT2D eigenvalue weighted by Gasteiger charge is -2.35. The number of hydrogen-bond donors (Lipinski definition) is 2. The second-order valence-corrected chi connectivity index (χ2v) is 7.14. The summed E-state index contributed by atoms with van der Waals surface area (Å²) in [7, 11) is 0. The highest BCUT2D eigenvalue weighted by atomic mass is 16.5. The van der Waals surface area contributed by atoms with E-state index in [2.05, 4.69) is 18.7 Å². The molecule has 1 fully saturated rings. The minimum Gasteiger partial charge on any atom is -0.473 e. The fourth-order valence-corrected chi connectivity index (χ4v) is 3.51. The number of morpholine rings is 1. The number of aliphatic carboxylic acids is 2. The van der Waals surface area contributed by atoms with Crippen LogP contribution in [-0.4, -0.2) is 82.2 Å². The Balaban J connectivity index is 0.000000438. The van der Waals surface area contributed by atoms with E-state index in [1.165, 1.54) is 4.90 Å². The molecule has 0 aliphatic carbocycles. The zero-order valence-corrected chi connectivity index (χ0v) is 16.5. The summed E-state index contributed by atoms with van der Waals surface area (Å²) < 4.78 is 5.73. The first-order chi connectivity index (χ1) is 13.7.